The third kappa shape index (κ3) is 15.1. The number of amides is 2. The van der Waals surface area contributed by atoms with Gasteiger partial charge in [0.15, 0.2) is 0 Å². The van der Waals surface area contributed by atoms with Gasteiger partial charge in [0, 0.05) is 0 Å². The highest BCUT2D eigenvalue weighted by Crippen LogP contribution is 2.48. The van der Waals surface area contributed by atoms with Crippen LogP contribution < -0.4 is 0 Å². The van der Waals surface area contributed by atoms with E-state index in [0.29, 0.717) is 0 Å². The number of ether oxygens (including phenoxy) is 9. The zero-order valence-corrected chi connectivity index (χ0v) is 45.4. The fourth-order valence-electron chi connectivity index (χ4n) is 6.48. The number of alkyl halides is 4. The van der Waals surface area contributed by atoms with Crippen LogP contribution in [0.2, 0.25) is 0 Å². The maximum absolute atomic E-state index is 13.9. The van der Waals surface area contributed by atoms with E-state index < -0.39 is 127 Å². The summed E-state index contributed by atoms with van der Waals surface area (Å²) in [4.78, 5) is 120. The molecule has 3 aliphatic heterocycles. The summed E-state index contributed by atoms with van der Waals surface area (Å²) in [7, 11) is 0. The quantitative estimate of drug-likeness (QED) is 0.0396. The lowest BCUT2D eigenvalue weighted by Gasteiger charge is -2.33. The van der Waals surface area contributed by atoms with Crippen molar-refractivity contribution in [2.75, 3.05) is 66.0 Å². The standard InChI is InChI=1S/C43H61Br4NO18/c1-37(2,44)30(51)60-18-42(10,19-61-31(52)38(3,4)45)35(56)64-22-41(9,23-65-36(57)43(11,20-62-32(53)39(5,6)46)21-63-33(54)40(7,8)47)34(55)59-17-16-58-15-14-48-28(49)26-24-12-13-25(66-24)27(26)29(48)50/h24-27H,12-23H2,1-11H3/t24?,25?,26-,27+. The summed E-state index contributed by atoms with van der Waals surface area (Å²) < 4.78 is 45.2. The smallest absolute Gasteiger partial charge is 0.322 e. The van der Waals surface area contributed by atoms with Crippen molar-refractivity contribution in [2.45, 2.75) is 119 Å². The van der Waals surface area contributed by atoms with Gasteiger partial charge in [0.25, 0.3) is 0 Å². The highest BCUT2D eigenvalue weighted by atomic mass is 79.9. The van der Waals surface area contributed by atoms with Crippen LogP contribution in [0.25, 0.3) is 0 Å². The van der Waals surface area contributed by atoms with Gasteiger partial charge in [-0.3, -0.25) is 48.1 Å². The molecule has 0 aliphatic carbocycles. The maximum atomic E-state index is 13.9. The predicted molar refractivity (Wildman–Crippen MR) is 245 cm³/mol. The number of halogens is 4. The molecule has 3 aliphatic rings. The lowest BCUT2D eigenvalue weighted by atomic mass is 9.81. The lowest BCUT2D eigenvalue weighted by Crippen LogP contribution is -2.47. The largest absolute Gasteiger partial charge is 0.464 e. The minimum Gasteiger partial charge on any atom is -0.464 e. The van der Waals surface area contributed by atoms with E-state index >= 15 is 0 Å². The number of hydrogen-bond acceptors (Lipinski definition) is 18. The van der Waals surface area contributed by atoms with Crippen molar-refractivity contribution < 1.29 is 85.8 Å². The van der Waals surface area contributed by atoms with Crippen LogP contribution in [0.15, 0.2) is 0 Å². The molecule has 3 heterocycles. The average Bonchev–Trinajstić information content (AvgIpc) is 3.91. The molecule has 23 heteroatoms. The van der Waals surface area contributed by atoms with E-state index in [4.69, 9.17) is 42.6 Å². The zero-order valence-electron chi connectivity index (χ0n) is 39.1. The molecule has 0 aromatic rings. The monoisotopic (exact) mass is 1200 g/mol. The number of esters is 7. The van der Waals surface area contributed by atoms with Crippen molar-refractivity contribution in [3.05, 3.63) is 0 Å². The van der Waals surface area contributed by atoms with E-state index in [2.05, 4.69) is 63.7 Å². The molecular formula is C43H61Br4NO18. The third-order valence-electron chi connectivity index (χ3n) is 10.8. The van der Waals surface area contributed by atoms with Crippen molar-refractivity contribution in [3.8, 4) is 0 Å². The van der Waals surface area contributed by atoms with Crippen LogP contribution in [0.1, 0.15) is 89.0 Å². The van der Waals surface area contributed by atoms with Crippen LogP contribution in [-0.2, 0) is 85.8 Å². The summed E-state index contributed by atoms with van der Waals surface area (Å²) in [6, 6.07) is 0. The first-order valence-corrected chi connectivity index (χ1v) is 24.3. The number of imide groups is 1. The Kier molecular flexibility index (Phi) is 19.5. The van der Waals surface area contributed by atoms with Gasteiger partial charge in [0.1, 0.15) is 79.8 Å². The molecule has 0 aromatic heterocycles. The summed E-state index contributed by atoms with van der Waals surface area (Å²) in [5.74, 6) is -7.79. The van der Waals surface area contributed by atoms with Gasteiger partial charge in [-0.15, -0.1) is 0 Å². The topological polar surface area (TPSA) is 240 Å². The molecule has 3 fully saturated rings. The zero-order chi connectivity index (χ0) is 50.4. The number of rotatable bonds is 25. The first kappa shape index (κ1) is 57.6. The van der Waals surface area contributed by atoms with Gasteiger partial charge in [0.05, 0.1) is 43.8 Å². The summed E-state index contributed by atoms with van der Waals surface area (Å²) in [5.41, 5.74) is -5.65. The third-order valence-corrected chi connectivity index (χ3v) is 12.1. The molecule has 2 unspecified atom stereocenters. The molecule has 3 saturated heterocycles. The van der Waals surface area contributed by atoms with Gasteiger partial charge in [-0.2, -0.15) is 0 Å². The summed E-state index contributed by atoms with van der Waals surface area (Å²) >= 11 is 12.8. The molecule has 0 spiro atoms. The van der Waals surface area contributed by atoms with Crippen molar-refractivity contribution >= 4 is 117 Å². The minimum atomic E-state index is -1.98. The average molecular weight is 1200 g/mol. The van der Waals surface area contributed by atoms with Crippen LogP contribution >= 0.6 is 63.7 Å². The van der Waals surface area contributed by atoms with Crippen LogP contribution in [-0.4, -0.2) is 154 Å². The Morgan fingerprint density at radius 3 is 1.02 bits per heavy atom. The molecule has 2 bridgehead atoms. The first-order chi connectivity index (χ1) is 30.1. The second kappa shape index (κ2) is 22.4. The van der Waals surface area contributed by atoms with E-state index in [1.54, 1.807) is 0 Å². The Hall–Kier alpha value is -2.73. The molecule has 0 aromatic carbocycles. The van der Waals surface area contributed by atoms with Gasteiger partial charge in [-0.25, -0.2) is 0 Å². The molecule has 4 atom stereocenters. The number of fused-ring (bicyclic) bond motifs is 5. The predicted octanol–water partition coefficient (Wildman–Crippen LogP) is 4.68. The van der Waals surface area contributed by atoms with Crippen LogP contribution in [0.3, 0.4) is 0 Å². The number of carbonyl (C=O) groups excluding carboxylic acids is 9. The van der Waals surface area contributed by atoms with Crippen LogP contribution in [0, 0.1) is 28.1 Å². The number of carbonyl (C=O) groups is 9. The van der Waals surface area contributed by atoms with E-state index in [1.165, 1.54) is 81.1 Å². The molecule has 19 nitrogen and oxygen atoms in total. The van der Waals surface area contributed by atoms with Crippen molar-refractivity contribution in [2.24, 2.45) is 28.1 Å². The highest BCUT2D eigenvalue weighted by molar-refractivity contribution is 9.10. The highest BCUT2D eigenvalue weighted by Gasteiger charge is 2.62. The minimum absolute atomic E-state index is 0.0189. The Labute approximate surface area is 418 Å². The molecule has 0 N–H and O–H groups in total. The fourth-order valence-corrected chi connectivity index (χ4v) is 6.94. The van der Waals surface area contributed by atoms with E-state index in [-0.39, 0.29) is 50.4 Å². The lowest BCUT2D eigenvalue weighted by molar-refractivity contribution is -0.182. The molecule has 66 heavy (non-hydrogen) atoms. The molecule has 0 radical (unpaired) electrons. The van der Waals surface area contributed by atoms with Gasteiger partial charge in [-0.1, -0.05) is 63.7 Å². The summed E-state index contributed by atoms with van der Waals surface area (Å²) in [6.45, 7) is 11.3. The second-order valence-electron chi connectivity index (χ2n) is 19.4. The fraction of sp³-hybridized carbons (Fsp3) is 0.791. The normalized spacial score (nSPS) is 20.1. The SMILES string of the molecule is CC(C)(Br)C(=O)OCC(C)(COC(=O)C(C)(C)Br)C(=O)OCC(C)(COC(=O)C(C)(COC(=O)C(C)(C)Br)COC(=O)C(C)(C)Br)C(=O)OCCOCCN1C(=O)[C@@H]2C3CCC(O3)[C@@H]2C1=O. The number of hydrogen-bond donors (Lipinski definition) is 0. The van der Waals surface area contributed by atoms with Gasteiger partial charge in [0.2, 0.25) is 11.8 Å². The van der Waals surface area contributed by atoms with Crippen molar-refractivity contribution in [1.29, 1.82) is 0 Å². The van der Waals surface area contributed by atoms with Gasteiger partial charge >= 0.3 is 41.8 Å². The van der Waals surface area contributed by atoms with E-state index in [0.717, 1.165) is 12.8 Å². The second-order valence-corrected chi connectivity index (χ2v) is 27.4. The Morgan fingerprint density at radius 1 is 0.455 bits per heavy atom. The Bertz CT molecular complexity index is 1690. The van der Waals surface area contributed by atoms with E-state index in [1.807, 2.05) is 0 Å². The Balaban J connectivity index is 1.81. The van der Waals surface area contributed by atoms with Gasteiger partial charge < -0.3 is 42.6 Å². The van der Waals surface area contributed by atoms with Crippen molar-refractivity contribution in [1.82, 2.24) is 4.90 Å². The van der Waals surface area contributed by atoms with Crippen molar-refractivity contribution in [3.63, 3.8) is 0 Å². The number of nitrogens with zero attached hydrogens (tertiary/aromatic N) is 1. The van der Waals surface area contributed by atoms with E-state index in [9.17, 15) is 43.2 Å². The molecule has 2 amide bonds. The van der Waals surface area contributed by atoms with Gasteiger partial charge in [-0.05, 0) is 89.0 Å². The summed E-state index contributed by atoms with van der Waals surface area (Å²) in [6.07, 6.45) is 0.922. The Morgan fingerprint density at radius 2 is 0.727 bits per heavy atom. The molecule has 3 rings (SSSR count). The molecule has 0 saturated carbocycles. The maximum Gasteiger partial charge on any atom is 0.322 e. The molecule has 374 valence electrons. The first-order valence-electron chi connectivity index (χ1n) is 21.1. The molecular weight excluding hydrogens is 1140 g/mol. The van der Waals surface area contributed by atoms with Crippen LogP contribution in [0.5, 0.6) is 0 Å². The number of likely N-dealkylation sites (tertiary alicyclic amines) is 1. The summed E-state index contributed by atoms with van der Waals surface area (Å²) in [5, 5.41) is 0. The van der Waals surface area contributed by atoms with Crippen LogP contribution in [0.4, 0.5) is 0 Å².